The molecule has 20 heavy (non-hydrogen) atoms. The number of hydrogen-bond acceptors (Lipinski definition) is 4. The van der Waals surface area contributed by atoms with Crippen molar-refractivity contribution >= 4 is 34.0 Å². The number of hydrogen-bond donors (Lipinski definition) is 1. The lowest BCUT2D eigenvalue weighted by Crippen LogP contribution is -2.40. The fourth-order valence-electron chi connectivity index (χ4n) is 2.21. The highest BCUT2D eigenvalue weighted by atomic mass is 127. The molecule has 1 aromatic carbocycles. The Morgan fingerprint density at radius 2 is 1.90 bits per heavy atom. The number of nitro groups is 1. The van der Waals surface area contributed by atoms with Crippen LogP contribution in [0.15, 0.2) is 18.2 Å². The molecule has 0 radical (unpaired) electrons. The van der Waals surface area contributed by atoms with Gasteiger partial charge in [-0.3, -0.25) is 15.0 Å². The zero-order valence-electron chi connectivity index (χ0n) is 12.4. The van der Waals surface area contributed by atoms with Gasteiger partial charge in [-0.1, -0.05) is 0 Å². The van der Waals surface area contributed by atoms with Gasteiger partial charge in [0, 0.05) is 36.9 Å². The maximum absolute atomic E-state index is 10.8. The summed E-state index contributed by atoms with van der Waals surface area (Å²) in [5.74, 6) is 0. The van der Waals surface area contributed by atoms with Crippen LogP contribution >= 0.6 is 22.6 Å². The zero-order chi connectivity index (χ0) is 15.3. The van der Waals surface area contributed by atoms with Crippen LogP contribution in [0.25, 0.3) is 0 Å². The Kier molecular flexibility index (Phi) is 6.67. The van der Waals surface area contributed by atoms with Crippen LogP contribution in [0.3, 0.4) is 0 Å². The number of nitro benzene ring substituents is 1. The lowest BCUT2D eigenvalue weighted by molar-refractivity contribution is -0.385. The molecule has 1 N–H and O–H groups in total. The molecule has 0 fully saturated rings. The first-order chi connectivity index (χ1) is 9.32. The van der Waals surface area contributed by atoms with Gasteiger partial charge in [-0.15, -0.1) is 0 Å². The van der Waals surface area contributed by atoms with Gasteiger partial charge >= 0.3 is 0 Å². The Balaban J connectivity index is 2.58. The largest absolute Gasteiger partial charge is 0.384 e. The highest BCUT2D eigenvalue weighted by molar-refractivity contribution is 14.1. The lowest BCUT2D eigenvalue weighted by Gasteiger charge is -2.30. The lowest BCUT2D eigenvalue weighted by atomic mass is 10.2. The second-order valence-corrected chi connectivity index (χ2v) is 6.44. The minimum Gasteiger partial charge on any atom is -0.384 e. The first kappa shape index (κ1) is 17.2. The summed E-state index contributed by atoms with van der Waals surface area (Å²) < 4.78 is 0.655. The minimum absolute atomic E-state index is 0.155. The van der Waals surface area contributed by atoms with Gasteiger partial charge in [-0.25, -0.2) is 0 Å². The highest BCUT2D eigenvalue weighted by Gasteiger charge is 2.13. The predicted molar refractivity (Wildman–Crippen MR) is 91.3 cm³/mol. The molecule has 0 saturated carbocycles. The van der Waals surface area contributed by atoms with Gasteiger partial charge < -0.3 is 5.32 Å². The van der Waals surface area contributed by atoms with Crippen LogP contribution in [0.5, 0.6) is 0 Å². The van der Waals surface area contributed by atoms with Crippen molar-refractivity contribution in [3.63, 3.8) is 0 Å². The average molecular weight is 391 g/mol. The number of rotatable bonds is 7. The molecule has 0 atom stereocenters. The van der Waals surface area contributed by atoms with E-state index in [1.54, 1.807) is 12.1 Å². The van der Waals surface area contributed by atoms with E-state index in [-0.39, 0.29) is 10.6 Å². The molecule has 112 valence electrons. The third kappa shape index (κ3) is 4.90. The van der Waals surface area contributed by atoms with Gasteiger partial charge in [0.1, 0.15) is 0 Å². The van der Waals surface area contributed by atoms with E-state index >= 15 is 0 Å². The summed E-state index contributed by atoms with van der Waals surface area (Å²) in [4.78, 5) is 12.8. The summed E-state index contributed by atoms with van der Waals surface area (Å²) in [6.07, 6.45) is 0. The molecular weight excluding hydrogens is 369 g/mol. The predicted octanol–water partition coefficient (Wildman–Crippen LogP) is 3.73. The van der Waals surface area contributed by atoms with Crippen molar-refractivity contribution < 1.29 is 4.92 Å². The molecule has 0 aliphatic heterocycles. The quantitative estimate of drug-likeness (QED) is 0.437. The van der Waals surface area contributed by atoms with Gasteiger partial charge in [0.2, 0.25) is 0 Å². The normalized spacial score (nSPS) is 11.4. The Labute approximate surface area is 134 Å². The smallest absolute Gasteiger partial charge is 0.282 e. The molecule has 0 aliphatic carbocycles. The minimum atomic E-state index is -0.356. The SMILES string of the molecule is CC(C)N(CCNc1ccc([N+](=O)[O-])c(I)c1)C(C)C. The molecular formula is C14H22IN3O2. The Hall–Kier alpha value is -0.890. The first-order valence-electron chi connectivity index (χ1n) is 6.76. The van der Waals surface area contributed by atoms with Gasteiger partial charge in [0.15, 0.2) is 0 Å². The molecule has 1 rings (SSSR count). The molecule has 0 aromatic heterocycles. The Morgan fingerprint density at radius 1 is 1.30 bits per heavy atom. The van der Waals surface area contributed by atoms with Crippen molar-refractivity contribution in [1.29, 1.82) is 0 Å². The van der Waals surface area contributed by atoms with Crippen LogP contribution in [0.4, 0.5) is 11.4 Å². The molecule has 0 spiro atoms. The molecule has 6 heteroatoms. The molecule has 0 bridgehead atoms. The van der Waals surface area contributed by atoms with Crippen LogP contribution in [0.2, 0.25) is 0 Å². The summed E-state index contributed by atoms with van der Waals surface area (Å²) in [6.45, 7) is 10.5. The second kappa shape index (κ2) is 7.78. The number of anilines is 1. The van der Waals surface area contributed by atoms with E-state index in [4.69, 9.17) is 0 Å². The first-order valence-corrected chi connectivity index (χ1v) is 7.84. The van der Waals surface area contributed by atoms with Crippen molar-refractivity contribution in [2.45, 2.75) is 39.8 Å². The average Bonchev–Trinajstić information content (AvgIpc) is 2.33. The summed E-state index contributed by atoms with van der Waals surface area (Å²) in [6, 6.07) is 6.14. The van der Waals surface area contributed by atoms with Gasteiger partial charge in [0.25, 0.3) is 5.69 Å². The molecule has 5 nitrogen and oxygen atoms in total. The molecule has 1 aromatic rings. The van der Waals surface area contributed by atoms with E-state index in [1.807, 2.05) is 28.7 Å². The molecule has 0 saturated heterocycles. The fourth-order valence-corrected chi connectivity index (χ4v) is 2.92. The number of nitrogens with zero attached hydrogens (tertiary/aromatic N) is 2. The van der Waals surface area contributed by atoms with Crippen LogP contribution in [-0.4, -0.2) is 35.0 Å². The second-order valence-electron chi connectivity index (χ2n) is 5.28. The van der Waals surface area contributed by atoms with Crippen molar-refractivity contribution in [3.8, 4) is 0 Å². The maximum atomic E-state index is 10.8. The summed E-state index contributed by atoms with van der Waals surface area (Å²) >= 11 is 2.00. The van der Waals surface area contributed by atoms with E-state index in [0.29, 0.717) is 15.7 Å². The van der Waals surface area contributed by atoms with Crippen LogP contribution in [0.1, 0.15) is 27.7 Å². The molecule has 0 unspecified atom stereocenters. The van der Waals surface area contributed by atoms with Gasteiger partial charge in [0.05, 0.1) is 8.49 Å². The van der Waals surface area contributed by atoms with Crippen LogP contribution in [0, 0.1) is 13.7 Å². The van der Waals surface area contributed by atoms with Gasteiger partial charge in [-0.2, -0.15) is 0 Å². The number of benzene rings is 1. The number of nitrogens with one attached hydrogen (secondary N) is 1. The Morgan fingerprint density at radius 3 is 2.35 bits per heavy atom. The molecule has 0 heterocycles. The van der Waals surface area contributed by atoms with Crippen LogP contribution in [-0.2, 0) is 0 Å². The third-order valence-electron chi connectivity index (χ3n) is 3.17. The number of halogens is 1. The van der Waals surface area contributed by atoms with E-state index in [2.05, 4.69) is 37.9 Å². The van der Waals surface area contributed by atoms with E-state index in [0.717, 1.165) is 18.8 Å². The van der Waals surface area contributed by atoms with E-state index in [9.17, 15) is 10.1 Å². The molecule has 0 aliphatic rings. The summed E-state index contributed by atoms with van der Waals surface area (Å²) in [7, 11) is 0. The van der Waals surface area contributed by atoms with Crippen molar-refractivity contribution in [1.82, 2.24) is 4.90 Å². The molecule has 0 amide bonds. The van der Waals surface area contributed by atoms with Crippen LogP contribution < -0.4 is 5.32 Å². The highest BCUT2D eigenvalue weighted by Crippen LogP contribution is 2.24. The third-order valence-corrected chi connectivity index (χ3v) is 4.03. The monoisotopic (exact) mass is 391 g/mol. The maximum Gasteiger partial charge on any atom is 0.282 e. The summed E-state index contributed by atoms with van der Waals surface area (Å²) in [5.41, 5.74) is 1.08. The zero-order valence-corrected chi connectivity index (χ0v) is 14.5. The topological polar surface area (TPSA) is 58.4 Å². The van der Waals surface area contributed by atoms with Gasteiger partial charge in [-0.05, 0) is 62.4 Å². The van der Waals surface area contributed by atoms with Crippen molar-refractivity contribution in [2.75, 3.05) is 18.4 Å². The fraction of sp³-hybridized carbons (Fsp3) is 0.571. The van der Waals surface area contributed by atoms with Crippen molar-refractivity contribution in [2.24, 2.45) is 0 Å². The van der Waals surface area contributed by atoms with E-state index in [1.165, 1.54) is 0 Å². The Bertz CT molecular complexity index is 456. The standard InChI is InChI=1S/C14H22IN3O2/c1-10(2)17(11(3)4)8-7-16-12-5-6-14(18(19)20)13(15)9-12/h5-6,9-11,16H,7-8H2,1-4H3. The summed E-state index contributed by atoms with van der Waals surface area (Å²) in [5, 5.41) is 14.1. The van der Waals surface area contributed by atoms with Crippen molar-refractivity contribution in [3.05, 3.63) is 31.9 Å². The van der Waals surface area contributed by atoms with E-state index < -0.39 is 0 Å².